The average molecular weight is 585 g/mol. The third-order valence-electron chi connectivity index (χ3n) is 8.76. The summed E-state index contributed by atoms with van der Waals surface area (Å²) in [7, 11) is 0. The summed E-state index contributed by atoms with van der Waals surface area (Å²) >= 11 is 0. The van der Waals surface area contributed by atoms with Crippen molar-refractivity contribution in [1.29, 1.82) is 0 Å². The topological polar surface area (TPSA) is 129 Å². The molecular formula is C30H42F2N8O2. The zero-order valence-electron chi connectivity index (χ0n) is 23.1. The standard InChI is InChI=1S/C29H38F2N8O2.CH4/c30-18-3-10-24(23(31)15-18)36-29-37-25-16-33-28(35-19-4-8-22(40)9-5-19)38-26(25)39(29)21-6-1-17(2-7-21)27(41)34-20-11-13-32-14-12-20;/h3,10,15-17,19-22,32,40H,1-2,4-9,11-14H2,(H,34,41)(H,36,37)(H,33,35,38);1H4. The second kappa shape index (κ2) is 13.3. The lowest BCUT2D eigenvalue weighted by atomic mass is 9.85. The molecule has 2 saturated carbocycles. The highest BCUT2D eigenvalue weighted by molar-refractivity contribution is 5.79. The SMILES string of the molecule is C.O=C(NC1CCNCC1)C1CCC(n2c(Nc3ccc(F)cc3F)nc3cnc(NC4CCC(O)CC4)nc32)CC1. The number of aliphatic hydroxyl groups excluding tert-OH is 1. The van der Waals surface area contributed by atoms with E-state index in [-0.39, 0.29) is 49.2 Å². The zero-order valence-corrected chi connectivity index (χ0v) is 23.1. The Balaban J connectivity index is 0.00000353. The first-order valence-corrected chi connectivity index (χ1v) is 14.9. The number of aromatic nitrogens is 4. The van der Waals surface area contributed by atoms with Gasteiger partial charge in [0.1, 0.15) is 17.2 Å². The summed E-state index contributed by atoms with van der Waals surface area (Å²) in [6, 6.07) is 3.79. The van der Waals surface area contributed by atoms with Crippen molar-refractivity contribution in [1.82, 2.24) is 30.2 Å². The minimum Gasteiger partial charge on any atom is -0.393 e. The van der Waals surface area contributed by atoms with Crippen molar-refractivity contribution in [3.05, 3.63) is 36.0 Å². The molecular weight excluding hydrogens is 542 g/mol. The third kappa shape index (κ3) is 6.81. The molecule has 1 aliphatic heterocycles. The van der Waals surface area contributed by atoms with Crippen LogP contribution in [0.4, 0.5) is 26.4 Å². The largest absolute Gasteiger partial charge is 0.393 e. The fourth-order valence-corrected chi connectivity index (χ4v) is 6.39. The first-order chi connectivity index (χ1) is 19.9. The van der Waals surface area contributed by atoms with E-state index in [0.717, 1.165) is 83.4 Å². The van der Waals surface area contributed by atoms with E-state index in [4.69, 9.17) is 9.97 Å². The van der Waals surface area contributed by atoms with Gasteiger partial charge in [-0.15, -0.1) is 0 Å². The molecule has 2 aliphatic carbocycles. The monoisotopic (exact) mass is 584 g/mol. The Kier molecular flexibility index (Phi) is 9.52. The summed E-state index contributed by atoms with van der Waals surface area (Å²) in [6.45, 7) is 1.86. The number of carbonyl (C=O) groups is 1. The van der Waals surface area contributed by atoms with Gasteiger partial charge >= 0.3 is 0 Å². The quantitative estimate of drug-likeness (QED) is 0.268. The maximum Gasteiger partial charge on any atom is 0.224 e. The molecule has 3 aliphatic rings. The van der Waals surface area contributed by atoms with Crippen LogP contribution >= 0.6 is 0 Å². The number of hydrogen-bond donors (Lipinski definition) is 5. The molecule has 10 nitrogen and oxygen atoms in total. The van der Waals surface area contributed by atoms with Crippen LogP contribution in [0.2, 0.25) is 0 Å². The van der Waals surface area contributed by atoms with Gasteiger partial charge < -0.3 is 26.4 Å². The summed E-state index contributed by atoms with van der Waals surface area (Å²) in [5.74, 6) is -0.399. The van der Waals surface area contributed by atoms with Gasteiger partial charge in [-0.1, -0.05) is 7.43 Å². The highest BCUT2D eigenvalue weighted by Gasteiger charge is 2.31. The number of carbonyl (C=O) groups excluding carboxylic acids is 1. The lowest BCUT2D eigenvalue weighted by molar-refractivity contribution is -0.127. The van der Waals surface area contributed by atoms with E-state index in [0.29, 0.717) is 23.1 Å². The summed E-state index contributed by atoms with van der Waals surface area (Å²) in [5.41, 5.74) is 1.29. The van der Waals surface area contributed by atoms with Crippen LogP contribution in [0.3, 0.4) is 0 Å². The number of nitrogens with one attached hydrogen (secondary N) is 4. The van der Waals surface area contributed by atoms with Gasteiger partial charge in [0.25, 0.3) is 0 Å². The van der Waals surface area contributed by atoms with E-state index in [1.165, 1.54) is 12.1 Å². The molecule has 228 valence electrons. The number of fused-ring (bicyclic) bond motifs is 1. The second-order valence-corrected chi connectivity index (χ2v) is 11.6. The number of amides is 1. The van der Waals surface area contributed by atoms with Crippen LogP contribution in [0, 0.1) is 17.6 Å². The molecule has 3 heterocycles. The maximum absolute atomic E-state index is 14.6. The first kappa shape index (κ1) is 30.1. The summed E-state index contributed by atoms with van der Waals surface area (Å²) < 4.78 is 30.2. The van der Waals surface area contributed by atoms with Crippen LogP contribution in [-0.4, -0.2) is 61.8 Å². The molecule has 0 radical (unpaired) electrons. The molecule has 12 heteroatoms. The number of benzene rings is 1. The molecule has 0 spiro atoms. The summed E-state index contributed by atoms with van der Waals surface area (Å²) in [5, 5.41) is 22.9. The number of halogens is 2. The third-order valence-corrected chi connectivity index (χ3v) is 8.76. The van der Waals surface area contributed by atoms with Crippen LogP contribution in [-0.2, 0) is 4.79 Å². The van der Waals surface area contributed by atoms with Crippen LogP contribution in [0.5, 0.6) is 0 Å². The lowest BCUT2D eigenvalue weighted by Crippen LogP contribution is -2.45. The van der Waals surface area contributed by atoms with Gasteiger partial charge in [-0.05, 0) is 89.4 Å². The van der Waals surface area contributed by atoms with Crippen LogP contribution in [0.1, 0.15) is 77.7 Å². The average Bonchev–Trinajstić information content (AvgIpc) is 3.33. The Morgan fingerprint density at radius 2 is 1.69 bits per heavy atom. The number of nitrogens with zero attached hydrogens (tertiary/aromatic N) is 4. The maximum atomic E-state index is 14.6. The molecule has 0 bridgehead atoms. The van der Waals surface area contributed by atoms with Crippen LogP contribution in [0.25, 0.3) is 11.2 Å². The van der Waals surface area contributed by atoms with Crippen LogP contribution < -0.4 is 21.3 Å². The zero-order chi connectivity index (χ0) is 28.3. The fraction of sp³-hybridized carbons (Fsp3) is 0.600. The number of hydrogen-bond acceptors (Lipinski definition) is 8. The van der Waals surface area contributed by atoms with E-state index in [1.54, 1.807) is 6.20 Å². The highest BCUT2D eigenvalue weighted by Crippen LogP contribution is 2.37. The number of imidazole rings is 1. The fourth-order valence-electron chi connectivity index (χ4n) is 6.39. The molecule has 3 aromatic rings. The van der Waals surface area contributed by atoms with Gasteiger partial charge in [-0.25, -0.2) is 18.7 Å². The van der Waals surface area contributed by atoms with Crippen molar-refractivity contribution in [3.63, 3.8) is 0 Å². The Hall–Kier alpha value is -3.38. The van der Waals surface area contributed by atoms with Crippen molar-refractivity contribution < 1.29 is 18.7 Å². The Bertz CT molecular complexity index is 1360. The van der Waals surface area contributed by atoms with E-state index in [9.17, 15) is 18.7 Å². The molecule has 2 aromatic heterocycles. The molecule has 1 saturated heterocycles. The Morgan fingerprint density at radius 3 is 2.40 bits per heavy atom. The van der Waals surface area contributed by atoms with Gasteiger partial charge in [0, 0.05) is 30.1 Å². The van der Waals surface area contributed by atoms with Crippen molar-refractivity contribution in [2.24, 2.45) is 5.92 Å². The number of rotatable bonds is 7. The number of anilines is 3. The molecule has 0 unspecified atom stereocenters. The number of aliphatic hydroxyl groups is 1. The molecule has 42 heavy (non-hydrogen) atoms. The van der Waals surface area contributed by atoms with Crippen molar-refractivity contribution in [2.45, 2.75) is 95.9 Å². The van der Waals surface area contributed by atoms with Crippen molar-refractivity contribution in [2.75, 3.05) is 23.7 Å². The van der Waals surface area contributed by atoms with Crippen molar-refractivity contribution >= 4 is 34.7 Å². The predicted molar refractivity (Wildman–Crippen MR) is 159 cm³/mol. The van der Waals surface area contributed by atoms with Gasteiger partial charge in [-0.3, -0.25) is 9.36 Å². The van der Waals surface area contributed by atoms with Gasteiger partial charge in [0.2, 0.25) is 17.8 Å². The molecule has 1 amide bonds. The minimum atomic E-state index is -0.713. The van der Waals surface area contributed by atoms with Gasteiger partial charge in [0.15, 0.2) is 5.65 Å². The summed E-state index contributed by atoms with van der Waals surface area (Å²) in [6.07, 6.45) is 9.39. The molecule has 0 atom stereocenters. The van der Waals surface area contributed by atoms with E-state index >= 15 is 0 Å². The van der Waals surface area contributed by atoms with E-state index in [1.807, 2.05) is 4.57 Å². The molecule has 5 N–H and O–H groups in total. The predicted octanol–water partition coefficient (Wildman–Crippen LogP) is 4.80. The normalized spacial score (nSPS) is 25.0. The highest BCUT2D eigenvalue weighted by atomic mass is 19.1. The van der Waals surface area contributed by atoms with E-state index in [2.05, 4.69) is 26.3 Å². The molecule has 3 fully saturated rings. The summed E-state index contributed by atoms with van der Waals surface area (Å²) in [4.78, 5) is 27.0. The van der Waals surface area contributed by atoms with Crippen LogP contribution in [0.15, 0.2) is 24.4 Å². The minimum absolute atomic E-state index is 0. The Morgan fingerprint density at radius 1 is 0.952 bits per heavy atom. The molecule has 1 aromatic carbocycles. The van der Waals surface area contributed by atoms with E-state index < -0.39 is 11.6 Å². The number of piperidine rings is 1. The lowest BCUT2D eigenvalue weighted by Gasteiger charge is -2.31. The molecule has 6 rings (SSSR count). The first-order valence-electron chi connectivity index (χ1n) is 14.9. The van der Waals surface area contributed by atoms with Gasteiger partial charge in [-0.2, -0.15) is 4.98 Å². The van der Waals surface area contributed by atoms with Crippen molar-refractivity contribution in [3.8, 4) is 0 Å². The van der Waals surface area contributed by atoms with Gasteiger partial charge in [0.05, 0.1) is 18.0 Å². The second-order valence-electron chi connectivity index (χ2n) is 11.6. The smallest absolute Gasteiger partial charge is 0.224 e. The Labute approximate surface area is 245 Å².